The van der Waals surface area contributed by atoms with Crippen LogP contribution in [-0.2, 0) is 11.3 Å². The lowest BCUT2D eigenvalue weighted by atomic mass is 10.1. The van der Waals surface area contributed by atoms with E-state index in [1.807, 2.05) is 12.1 Å². The molecule has 20 heavy (non-hydrogen) atoms. The van der Waals surface area contributed by atoms with E-state index in [0.29, 0.717) is 23.8 Å². The summed E-state index contributed by atoms with van der Waals surface area (Å²) in [5, 5.41) is 4.08. The first-order valence-corrected chi connectivity index (χ1v) is 7.80. The molecule has 0 radical (unpaired) electrons. The van der Waals surface area contributed by atoms with Gasteiger partial charge in [-0.15, -0.1) is 0 Å². The van der Waals surface area contributed by atoms with Gasteiger partial charge in [0.15, 0.2) is 0 Å². The second-order valence-corrected chi connectivity index (χ2v) is 5.94. The lowest BCUT2D eigenvalue weighted by Gasteiger charge is -2.16. The van der Waals surface area contributed by atoms with Crippen LogP contribution in [-0.4, -0.2) is 25.4 Å². The van der Waals surface area contributed by atoms with Gasteiger partial charge in [-0.1, -0.05) is 37.6 Å². The largest absolute Gasteiger partial charge is 0.492 e. The fraction of sp³-hybridized carbons (Fsp3) is 0.625. The van der Waals surface area contributed by atoms with Gasteiger partial charge >= 0.3 is 0 Å². The highest BCUT2D eigenvalue weighted by atomic mass is 35.5. The van der Waals surface area contributed by atoms with Crippen molar-refractivity contribution in [2.75, 3.05) is 13.2 Å². The van der Waals surface area contributed by atoms with Gasteiger partial charge in [0, 0.05) is 31.2 Å². The first-order chi connectivity index (χ1) is 9.66. The van der Waals surface area contributed by atoms with Crippen molar-refractivity contribution < 1.29 is 9.47 Å². The summed E-state index contributed by atoms with van der Waals surface area (Å²) in [6.45, 7) is 6.57. The Labute approximate surface area is 126 Å². The molecule has 0 amide bonds. The van der Waals surface area contributed by atoms with Crippen molar-refractivity contribution in [2.24, 2.45) is 0 Å². The van der Waals surface area contributed by atoms with Crippen LogP contribution in [0.3, 0.4) is 0 Å². The summed E-state index contributed by atoms with van der Waals surface area (Å²) in [7, 11) is 0. The molecular formula is C16H24ClNO2. The Morgan fingerprint density at radius 2 is 2.30 bits per heavy atom. The molecule has 0 aliphatic carbocycles. The topological polar surface area (TPSA) is 30.5 Å². The normalized spacial score (nSPS) is 18.7. The van der Waals surface area contributed by atoms with E-state index < -0.39 is 0 Å². The van der Waals surface area contributed by atoms with E-state index in [4.69, 9.17) is 21.1 Å². The summed E-state index contributed by atoms with van der Waals surface area (Å²) in [4.78, 5) is 0. The maximum Gasteiger partial charge on any atom is 0.142 e. The molecule has 1 atom stereocenters. The summed E-state index contributed by atoms with van der Waals surface area (Å²) < 4.78 is 11.5. The fourth-order valence-electron chi connectivity index (χ4n) is 2.33. The lowest BCUT2D eigenvalue weighted by molar-refractivity contribution is 0.0902. The summed E-state index contributed by atoms with van der Waals surface area (Å²) in [5.41, 5.74) is 1.11. The average molecular weight is 298 g/mol. The fourth-order valence-corrected chi connectivity index (χ4v) is 2.58. The third kappa shape index (κ3) is 4.65. The van der Waals surface area contributed by atoms with Crippen molar-refractivity contribution in [1.82, 2.24) is 5.32 Å². The molecule has 2 rings (SSSR count). The molecule has 1 aromatic rings. The Balaban J connectivity index is 1.90. The van der Waals surface area contributed by atoms with Crippen LogP contribution in [0.4, 0.5) is 0 Å². The van der Waals surface area contributed by atoms with Gasteiger partial charge in [0.05, 0.1) is 17.7 Å². The Morgan fingerprint density at radius 1 is 1.45 bits per heavy atom. The number of ether oxygens (including phenoxy) is 2. The first kappa shape index (κ1) is 15.6. The van der Waals surface area contributed by atoms with Crippen LogP contribution < -0.4 is 10.1 Å². The van der Waals surface area contributed by atoms with E-state index >= 15 is 0 Å². The van der Waals surface area contributed by atoms with Gasteiger partial charge < -0.3 is 14.8 Å². The minimum absolute atomic E-state index is 0.356. The van der Waals surface area contributed by atoms with Crippen LogP contribution in [0.1, 0.15) is 38.7 Å². The highest BCUT2D eigenvalue weighted by molar-refractivity contribution is 6.32. The van der Waals surface area contributed by atoms with Crippen molar-refractivity contribution in [3.8, 4) is 5.75 Å². The quantitative estimate of drug-likeness (QED) is 0.831. The van der Waals surface area contributed by atoms with E-state index in [-0.39, 0.29) is 0 Å². The van der Waals surface area contributed by atoms with Crippen LogP contribution >= 0.6 is 11.6 Å². The van der Waals surface area contributed by atoms with Gasteiger partial charge in [0.2, 0.25) is 0 Å². The molecule has 3 nitrogen and oxygen atoms in total. The zero-order valence-corrected chi connectivity index (χ0v) is 13.1. The zero-order chi connectivity index (χ0) is 14.4. The van der Waals surface area contributed by atoms with Gasteiger partial charge in [-0.2, -0.15) is 0 Å². The summed E-state index contributed by atoms with van der Waals surface area (Å²) >= 11 is 6.26. The van der Waals surface area contributed by atoms with Crippen LogP contribution in [0.25, 0.3) is 0 Å². The van der Waals surface area contributed by atoms with E-state index in [1.165, 1.54) is 6.42 Å². The van der Waals surface area contributed by atoms with Gasteiger partial charge in [0.1, 0.15) is 5.75 Å². The molecule has 0 saturated carbocycles. The summed E-state index contributed by atoms with van der Waals surface area (Å²) in [6.07, 6.45) is 3.60. The third-order valence-electron chi connectivity index (χ3n) is 3.46. The highest BCUT2D eigenvalue weighted by Crippen LogP contribution is 2.29. The minimum atomic E-state index is 0.356. The number of halogens is 1. The van der Waals surface area contributed by atoms with Crippen molar-refractivity contribution in [3.63, 3.8) is 0 Å². The summed E-state index contributed by atoms with van der Waals surface area (Å²) in [6, 6.07) is 6.34. The van der Waals surface area contributed by atoms with Gasteiger partial charge in [-0.3, -0.25) is 0 Å². The van der Waals surface area contributed by atoms with E-state index in [9.17, 15) is 0 Å². The molecule has 1 heterocycles. The van der Waals surface area contributed by atoms with Gasteiger partial charge in [-0.05, 0) is 18.9 Å². The predicted molar refractivity (Wildman–Crippen MR) is 82.5 cm³/mol. The number of para-hydroxylation sites is 1. The number of nitrogens with one attached hydrogen (secondary N) is 1. The standard InChI is InChI=1S/C16H24ClNO2/c1-12(2)18-11-13-5-3-7-15(17)16(13)20-10-8-14-6-4-9-19-14/h3,5,7,12,14,18H,4,6,8-11H2,1-2H3. The Hall–Kier alpha value is -0.770. The van der Waals surface area contributed by atoms with E-state index in [1.54, 1.807) is 0 Å². The molecule has 1 aromatic carbocycles. The molecule has 4 heteroatoms. The molecule has 0 spiro atoms. The molecular weight excluding hydrogens is 274 g/mol. The molecule has 1 saturated heterocycles. The van der Waals surface area contributed by atoms with Crippen molar-refractivity contribution in [1.29, 1.82) is 0 Å². The highest BCUT2D eigenvalue weighted by Gasteiger charge is 2.16. The molecule has 0 aromatic heterocycles. The van der Waals surface area contributed by atoms with Crippen LogP contribution in [0.5, 0.6) is 5.75 Å². The molecule has 1 fully saturated rings. The minimum Gasteiger partial charge on any atom is -0.492 e. The second kappa shape index (κ2) is 7.87. The monoisotopic (exact) mass is 297 g/mol. The second-order valence-electron chi connectivity index (χ2n) is 5.54. The lowest BCUT2D eigenvalue weighted by Crippen LogP contribution is -2.22. The van der Waals surface area contributed by atoms with Gasteiger partial charge in [0.25, 0.3) is 0 Å². The van der Waals surface area contributed by atoms with Crippen molar-refractivity contribution in [3.05, 3.63) is 28.8 Å². The van der Waals surface area contributed by atoms with Crippen LogP contribution in [0.2, 0.25) is 5.02 Å². The number of hydrogen-bond acceptors (Lipinski definition) is 3. The molecule has 1 N–H and O–H groups in total. The smallest absolute Gasteiger partial charge is 0.142 e. The molecule has 1 unspecified atom stereocenters. The Kier molecular flexibility index (Phi) is 6.14. The van der Waals surface area contributed by atoms with Crippen molar-refractivity contribution in [2.45, 2.75) is 51.8 Å². The third-order valence-corrected chi connectivity index (χ3v) is 3.76. The van der Waals surface area contributed by atoms with Crippen LogP contribution in [0.15, 0.2) is 18.2 Å². The van der Waals surface area contributed by atoms with Gasteiger partial charge in [-0.25, -0.2) is 0 Å². The van der Waals surface area contributed by atoms with E-state index in [2.05, 4.69) is 25.2 Å². The molecule has 0 bridgehead atoms. The maximum absolute atomic E-state index is 6.26. The van der Waals surface area contributed by atoms with E-state index in [0.717, 1.165) is 37.3 Å². The zero-order valence-electron chi connectivity index (χ0n) is 12.3. The Morgan fingerprint density at radius 3 is 3.00 bits per heavy atom. The van der Waals surface area contributed by atoms with Crippen molar-refractivity contribution >= 4 is 11.6 Å². The number of hydrogen-bond donors (Lipinski definition) is 1. The first-order valence-electron chi connectivity index (χ1n) is 7.42. The molecule has 112 valence electrons. The number of rotatable bonds is 7. The molecule has 1 aliphatic heterocycles. The molecule has 1 aliphatic rings. The predicted octanol–water partition coefficient (Wildman–Crippen LogP) is 3.79. The Bertz CT molecular complexity index is 417. The summed E-state index contributed by atoms with van der Waals surface area (Å²) in [5.74, 6) is 0.806. The average Bonchev–Trinajstić information content (AvgIpc) is 2.92. The SMILES string of the molecule is CC(C)NCc1cccc(Cl)c1OCCC1CCCO1. The number of benzene rings is 1. The van der Waals surface area contributed by atoms with Crippen LogP contribution in [0, 0.1) is 0 Å². The maximum atomic E-state index is 6.26.